The third-order valence-electron chi connectivity index (χ3n) is 3.20. The fourth-order valence-electron chi connectivity index (χ4n) is 2.17. The van der Waals surface area contributed by atoms with E-state index < -0.39 is 23.8 Å². The molecule has 0 saturated carbocycles. The molecule has 1 aliphatic rings. The van der Waals surface area contributed by atoms with E-state index in [1.165, 1.54) is 0 Å². The van der Waals surface area contributed by atoms with Crippen molar-refractivity contribution in [2.24, 2.45) is 0 Å². The Labute approximate surface area is 107 Å². The summed E-state index contributed by atoms with van der Waals surface area (Å²) >= 11 is 0. The minimum Gasteiger partial charge on any atom is -0.475 e. The van der Waals surface area contributed by atoms with Gasteiger partial charge in [0.25, 0.3) is 0 Å². The van der Waals surface area contributed by atoms with Crippen LogP contribution in [-0.4, -0.2) is 41.1 Å². The van der Waals surface area contributed by atoms with Crippen molar-refractivity contribution in [3.8, 4) is 0 Å². The van der Waals surface area contributed by atoms with Gasteiger partial charge in [-0.15, -0.1) is 0 Å². The van der Waals surface area contributed by atoms with Crippen LogP contribution in [-0.2, 0) is 6.18 Å². The normalized spacial score (nSPS) is 18.7. The van der Waals surface area contributed by atoms with E-state index in [4.69, 9.17) is 5.11 Å². The first-order valence-corrected chi connectivity index (χ1v) is 5.78. The van der Waals surface area contributed by atoms with Crippen molar-refractivity contribution < 1.29 is 27.5 Å². The molecule has 0 spiro atoms. The van der Waals surface area contributed by atoms with Crippen molar-refractivity contribution in [2.75, 3.05) is 20.1 Å². The highest BCUT2D eigenvalue weighted by atomic mass is 19.4. The van der Waals surface area contributed by atoms with E-state index in [2.05, 4.69) is 9.40 Å². The summed E-state index contributed by atoms with van der Waals surface area (Å²) in [6.07, 6.45) is -3.63. The maximum Gasteiger partial charge on any atom is 0.468 e. The Morgan fingerprint density at radius 1 is 1.42 bits per heavy atom. The van der Waals surface area contributed by atoms with Gasteiger partial charge in [-0.1, -0.05) is 0 Å². The topological polar surface area (TPSA) is 66.6 Å². The lowest BCUT2D eigenvalue weighted by Crippen LogP contribution is -2.29. The van der Waals surface area contributed by atoms with Crippen LogP contribution < -0.4 is 0 Å². The molecule has 1 saturated heterocycles. The van der Waals surface area contributed by atoms with Crippen molar-refractivity contribution in [3.05, 3.63) is 17.3 Å². The second kappa shape index (κ2) is 4.84. The van der Waals surface area contributed by atoms with Crippen LogP contribution >= 0.6 is 0 Å². The van der Waals surface area contributed by atoms with E-state index in [1.54, 1.807) is 0 Å². The summed E-state index contributed by atoms with van der Waals surface area (Å²) in [6.45, 7) is 1.38. The summed E-state index contributed by atoms with van der Waals surface area (Å²) in [5.74, 6) is -4.00. The van der Waals surface area contributed by atoms with Crippen LogP contribution in [0, 0.1) is 0 Å². The molecule has 1 aliphatic heterocycles. The molecule has 8 heteroatoms. The van der Waals surface area contributed by atoms with Gasteiger partial charge in [-0.25, -0.2) is 9.78 Å². The van der Waals surface area contributed by atoms with Crippen molar-refractivity contribution in [1.29, 1.82) is 0 Å². The highest BCUT2D eigenvalue weighted by Gasteiger charge is 2.41. The molecule has 106 valence electrons. The van der Waals surface area contributed by atoms with Gasteiger partial charge in [-0.05, 0) is 33.0 Å². The number of likely N-dealkylation sites (tertiary alicyclic amines) is 1. The average molecular weight is 278 g/mol. The number of aromatic carboxylic acids is 1. The number of halogens is 3. The molecule has 5 nitrogen and oxygen atoms in total. The standard InChI is InChI=1S/C11H13F3N2O3/c1-16-4-2-6(3-5-16)7-8(9(17)18)19-10(15-7)11(12,13)14/h6H,2-5H2,1H3,(H,17,18). The van der Waals surface area contributed by atoms with Gasteiger partial charge in [-0.2, -0.15) is 13.2 Å². The molecular formula is C11H13F3N2O3. The largest absolute Gasteiger partial charge is 0.475 e. The first-order valence-electron chi connectivity index (χ1n) is 5.78. The van der Waals surface area contributed by atoms with Gasteiger partial charge >= 0.3 is 18.0 Å². The Bertz CT molecular complexity index is 476. The van der Waals surface area contributed by atoms with Gasteiger partial charge in [0, 0.05) is 5.92 Å². The number of carboxylic acid groups (broad SMARTS) is 1. The highest BCUT2D eigenvalue weighted by Crippen LogP contribution is 2.35. The van der Waals surface area contributed by atoms with Gasteiger partial charge in [0.1, 0.15) is 0 Å². The van der Waals surface area contributed by atoms with Crippen LogP contribution in [0.4, 0.5) is 13.2 Å². The van der Waals surface area contributed by atoms with Crippen LogP contribution in [0.1, 0.15) is 40.9 Å². The number of carboxylic acids is 1. The molecular weight excluding hydrogens is 265 g/mol. The Kier molecular flexibility index (Phi) is 3.53. The number of aromatic nitrogens is 1. The maximum atomic E-state index is 12.5. The molecule has 2 heterocycles. The Morgan fingerprint density at radius 3 is 2.47 bits per heavy atom. The molecule has 0 bridgehead atoms. The van der Waals surface area contributed by atoms with Crippen LogP contribution in [0.25, 0.3) is 0 Å². The lowest BCUT2D eigenvalue weighted by Gasteiger charge is -2.27. The van der Waals surface area contributed by atoms with Gasteiger partial charge in [0.15, 0.2) is 0 Å². The number of hydrogen-bond donors (Lipinski definition) is 1. The van der Waals surface area contributed by atoms with Gasteiger partial charge in [-0.3, -0.25) is 0 Å². The number of piperidine rings is 1. The number of rotatable bonds is 2. The molecule has 1 N–H and O–H groups in total. The molecule has 1 fully saturated rings. The van der Waals surface area contributed by atoms with Crippen LogP contribution in [0.2, 0.25) is 0 Å². The molecule has 1 aromatic rings. The highest BCUT2D eigenvalue weighted by molar-refractivity contribution is 5.85. The first-order chi connectivity index (χ1) is 8.79. The van der Waals surface area contributed by atoms with Crippen molar-refractivity contribution in [2.45, 2.75) is 24.9 Å². The zero-order chi connectivity index (χ0) is 14.2. The zero-order valence-electron chi connectivity index (χ0n) is 10.2. The molecule has 1 aromatic heterocycles. The average Bonchev–Trinajstić information content (AvgIpc) is 2.74. The lowest BCUT2D eigenvalue weighted by molar-refractivity contribution is -0.157. The van der Waals surface area contributed by atoms with E-state index in [1.807, 2.05) is 11.9 Å². The number of oxazole rings is 1. The minimum absolute atomic E-state index is 0.0899. The summed E-state index contributed by atoms with van der Waals surface area (Å²) in [4.78, 5) is 16.3. The van der Waals surface area contributed by atoms with Gasteiger partial charge < -0.3 is 14.4 Å². The molecule has 0 atom stereocenters. The monoisotopic (exact) mass is 278 g/mol. The molecule has 0 amide bonds. The summed E-state index contributed by atoms with van der Waals surface area (Å²) in [5.41, 5.74) is -0.0899. The number of carbonyl (C=O) groups is 1. The Balaban J connectivity index is 2.33. The number of hydrogen-bond acceptors (Lipinski definition) is 4. The molecule has 2 rings (SSSR count). The van der Waals surface area contributed by atoms with Gasteiger partial charge in [0.05, 0.1) is 5.69 Å². The third kappa shape index (κ3) is 2.89. The smallest absolute Gasteiger partial charge is 0.468 e. The van der Waals surface area contributed by atoms with Gasteiger partial charge in [0.2, 0.25) is 5.76 Å². The van der Waals surface area contributed by atoms with Crippen LogP contribution in [0.3, 0.4) is 0 Å². The van der Waals surface area contributed by atoms with Crippen molar-refractivity contribution >= 4 is 5.97 Å². The van der Waals surface area contributed by atoms with Crippen LogP contribution in [0.15, 0.2) is 4.42 Å². The summed E-state index contributed by atoms with van der Waals surface area (Å²) < 4.78 is 41.9. The predicted molar refractivity (Wildman–Crippen MR) is 57.9 cm³/mol. The zero-order valence-corrected chi connectivity index (χ0v) is 10.2. The van der Waals surface area contributed by atoms with E-state index >= 15 is 0 Å². The summed E-state index contributed by atoms with van der Waals surface area (Å²) in [7, 11) is 1.90. The van der Waals surface area contributed by atoms with E-state index in [0.29, 0.717) is 25.9 Å². The summed E-state index contributed by atoms with van der Waals surface area (Å²) in [6, 6.07) is 0. The minimum atomic E-state index is -4.77. The van der Waals surface area contributed by atoms with Crippen LogP contribution in [0.5, 0.6) is 0 Å². The quantitative estimate of drug-likeness (QED) is 0.898. The molecule has 0 aliphatic carbocycles. The predicted octanol–water partition coefficient (Wildman–Crippen LogP) is 2.20. The Morgan fingerprint density at radius 2 is 2.00 bits per heavy atom. The van der Waals surface area contributed by atoms with E-state index in [-0.39, 0.29) is 11.6 Å². The number of alkyl halides is 3. The number of nitrogens with zero attached hydrogens (tertiary/aromatic N) is 2. The maximum absolute atomic E-state index is 12.5. The second-order valence-corrected chi connectivity index (χ2v) is 4.61. The van der Waals surface area contributed by atoms with Crippen molar-refractivity contribution in [1.82, 2.24) is 9.88 Å². The fourth-order valence-corrected chi connectivity index (χ4v) is 2.17. The third-order valence-corrected chi connectivity index (χ3v) is 3.20. The molecule has 19 heavy (non-hydrogen) atoms. The molecule has 0 radical (unpaired) electrons. The SMILES string of the molecule is CN1CCC(c2nc(C(F)(F)F)oc2C(=O)O)CC1. The summed E-state index contributed by atoms with van der Waals surface area (Å²) in [5, 5.41) is 8.92. The lowest BCUT2D eigenvalue weighted by atomic mass is 9.93. The molecule has 0 aromatic carbocycles. The van der Waals surface area contributed by atoms with E-state index in [9.17, 15) is 18.0 Å². The Hall–Kier alpha value is -1.57. The van der Waals surface area contributed by atoms with Crippen molar-refractivity contribution in [3.63, 3.8) is 0 Å². The second-order valence-electron chi connectivity index (χ2n) is 4.61. The van der Waals surface area contributed by atoms with E-state index in [0.717, 1.165) is 0 Å². The fraction of sp³-hybridized carbons (Fsp3) is 0.636. The first kappa shape index (κ1) is 13.9. The molecule has 0 unspecified atom stereocenters.